The van der Waals surface area contributed by atoms with E-state index in [9.17, 15) is 4.55 Å². The number of rotatable bonds is 2. The van der Waals surface area contributed by atoms with Gasteiger partial charge in [0, 0.05) is 15.7 Å². The van der Waals surface area contributed by atoms with E-state index in [0.717, 1.165) is 11.3 Å². The van der Waals surface area contributed by atoms with Gasteiger partial charge in [0.2, 0.25) is 5.84 Å². The molecule has 1 atom stereocenters. The molecule has 0 fully saturated rings. The zero-order valence-corrected chi connectivity index (χ0v) is 14.0. The molecule has 0 N–H and O–H groups in total. The van der Waals surface area contributed by atoms with Crippen molar-refractivity contribution in [1.29, 1.82) is 0 Å². The first-order chi connectivity index (χ1) is 11.7. The normalized spacial score (nSPS) is 19.2. The van der Waals surface area contributed by atoms with Crippen molar-refractivity contribution in [2.75, 3.05) is 0 Å². The number of nitrogens with zero attached hydrogens (tertiary/aromatic N) is 2. The van der Waals surface area contributed by atoms with Gasteiger partial charge >= 0.3 is 0 Å². The van der Waals surface area contributed by atoms with E-state index in [-0.39, 0.29) is 0 Å². The number of amidine groups is 1. The summed E-state index contributed by atoms with van der Waals surface area (Å²) in [6.07, 6.45) is 0. The van der Waals surface area contributed by atoms with Crippen LogP contribution < -0.4 is 0 Å². The third-order valence-electron chi connectivity index (χ3n) is 3.98. The van der Waals surface area contributed by atoms with Crippen molar-refractivity contribution >= 4 is 21.6 Å². The monoisotopic (exact) mass is 332 g/mol. The Morgan fingerprint density at radius 2 is 1.46 bits per heavy atom. The summed E-state index contributed by atoms with van der Waals surface area (Å²) in [5, 5.41) is 0. The minimum atomic E-state index is -2.74. The molecule has 118 valence electrons. The van der Waals surface area contributed by atoms with Crippen molar-refractivity contribution in [3.8, 4) is 0 Å². The van der Waals surface area contributed by atoms with Crippen LogP contribution in [-0.2, 0) is 10.1 Å². The molecular formula is C20H16N2OS. The highest BCUT2D eigenvalue weighted by Gasteiger charge is 2.29. The van der Waals surface area contributed by atoms with Gasteiger partial charge in [0.15, 0.2) is 4.90 Å². The molecule has 1 aliphatic heterocycles. The van der Waals surface area contributed by atoms with E-state index < -0.39 is 10.1 Å². The van der Waals surface area contributed by atoms with Crippen LogP contribution in [0.25, 0.3) is 0 Å². The zero-order valence-electron chi connectivity index (χ0n) is 13.2. The summed E-state index contributed by atoms with van der Waals surface area (Å²) in [5.41, 5.74) is 2.76. The highest BCUT2D eigenvalue weighted by atomic mass is 32.3. The van der Waals surface area contributed by atoms with E-state index >= 15 is 0 Å². The van der Waals surface area contributed by atoms with Gasteiger partial charge in [-0.15, -0.1) is 0 Å². The van der Waals surface area contributed by atoms with Crippen molar-refractivity contribution in [2.24, 2.45) is 9.36 Å². The molecule has 0 saturated carbocycles. The smallest absolute Gasteiger partial charge is 0.206 e. The van der Waals surface area contributed by atoms with Crippen LogP contribution in [0.5, 0.6) is 0 Å². The fourth-order valence-electron chi connectivity index (χ4n) is 2.69. The first-order valence-corrected chi connectivity index (χ1v) is 9.25. The third kappa shape index (κ3) is 2.50. The number of aryl methyl sites for hydroxylation is 1. The largest absolute Gasteiger partial charge is 0.621 e. The molecular weight excluding hydrogens is 316 g/mol. The summed E-state index contributed by atoms with van der Waals surface area (Å²) in [6, 6.07) is 24.9. The minimum Gasteiger partial charge on any atom is -0.621 e. The topological polar surface area (TPSA) is 47.8 Å². The number of hydrogen-bond acceptors (Lipinski definition) is 3. The summed E-state index contributed by atoms with van der Waals surface area (Å²) >= 11 is 0. The van der Waals surface area contributed by atoms with Gasteiger partial charge in [0.1, 0.15) is 10.6 Å². The van der Waals surface area contributed by atoms with Crippen LogP contribution >= 0.6 is 0 Å². The number of fused-ring (bicyclic) bond motifs is 1. The molecule has 0 saturated heterocycles. The standard InChI is InChI=1S/C20H16N2OS/c1-15-11-13-16(14-12-15)20-21-18-9-5-6-10-19(18)24(23,22-20)17-7-3-2-4-8-17/h2-14H,1H3. The molecule has 0 aliphatic carbocycles. The maximum absolute atomic E-state index is 13.8. The lowest BCUT2D eigenvalue weighted by molar-refractivity contribution is 0.584. The molecule has 24 heavy (non-hydrogen) atoms. The van der Waals surface area contributed by atoms with E-state index in [0.29, 0.717) is 15.6 Å². The Morgan fingerprint density at radius 3 is 2.21 bits per heavy atom. The summed E-state index contributed by atoms with van der Waals surface area (Å²) in [4.78, 5) is 6.02. The van der Waals surface area contributed by atoms with Gasteiger partial charge in [-0.2, -0.15) is 0 Å². The molecule has 0 aromatic heterocycles. The van der Waals surface area contributed by atoms with E-state index in [1.807, 2.05) is 85.8 Å². The number of hydrogen-bond donors (Lipinski definition) is 0. The van der Waals surface area contributed by atoms with Crippen molar-refractivity contribution < 1.29 is 4.55 Å². The molecule has 1 unspecified atom stereocenters. The van der Waals surface area contributed by atoms with Crippen molar-refractivity contribution in [3.63, 3.8) is 0 Å². The van der Waals surface area contributed by atoms with Gasteiger partial charge in [-0.1, -0.05) is 64.5 Å². The lowest BCUT2D eigenvalue weighted by atomic mass is 10.1. The van der Waals surface area contributed by atoms with Crippen molar-refractivity contribution in [3.05, 3.63) is 90.0 Å². The average molecular weight is 332 g/mol. The first-order valence-electron chi connectivity index (χ1n) is 7.74. The summed E-state index contributed by atoms with van der Waals surface area (Å²) in [7, 11) is -2.74. The molecule has 0 spiro atoms. The maximum atomic E-state index is 13.8. The van der Waals surface area contributed by atoms with Crippen LogP contribution in [0.4, 0.5) is 5.69 Å². The van der Waals surface area contributed by atoms with Crippen LogP contribution in [0.1, 0.15) is 11.1 Å². The SMILES string of the molecule is Cc1ccc(C2=Nc3ccccc3[S+]([O-])(c3ccccc3)=N2)cc1. The predicted octanol–water partition coefficient (Wildman–Crippen LogP) is 4.97. The van der Waals surface area contributed by atoms with E-state index in [4.69, 9.17) is 0 Å². The summed E-state index contributed by atoms with van der Waals surface area (Å²) in [6.45, 7) is 2.03. The van der Waals surface area contributed by atoms with Crippen LogP contribution in [-0.4, -0.2) is 10.4 Å². The highest BCUT2D eigenvalue weighted by molar-refractivity contribution is 8.00. The van der Waals surface area contributed by atoms with Gasteiger partial charge in [0.25, 0.3) is 0 Å². The minimum absolute atomic E-state index is 0.516. The molecule has 1 aliphatic rings. The second kappa shape index (κ2) is 5.82. The Bertz CT molecular complexity index is 976. The number of aliphatic imine (C=N–C) groups is 1. The molecule has 4 heteroatoms. The Hall–Kier alpha value is -2.56. The van der Waals surface area contributed by atoms with Crippen LogP contribution in [0.3, 0.4) is 0 Å². The fraction of sp³-hybridized carbons (Fsp3) is 0.0500. The second-order valence-corrected chi connectivity index (χ2v) is 7.84. The van der Waals surface area contributed by atoms with Gasteiger partial charge < -0.3 is 4.55 Å². The quantitative estimate of drug-likeness (QED) is 0.611. The lowest BCUT2D eigenvalue weighted by Gasteiger charge is -2.26. The molecule has 3 nitrogen and oxygen atoms in total. The van der Waals surface area contributed by atoms with Gasteiger partial charge in [-0.3, -0.25) is 0 Å². The van der Waals surface area contributed by atoms with Gasteiger partial charge in [-0.05, 0) is 31.2 Å². The highest BCUT2D eigenvalue weighted by Crippen LogP contribution is 2.39. The fourth-order valence-corrected chi connectivity index (χ4v) is 4.73. The van der Waals surface area contributed by atoms with E-state index in [1.54, 1.807) is 0 Å². The van der Waals surface area contributed by atoms with Crippen LogP contribution in [0, 0.1) is 6.92 Å². The average Bonchev–Trinajstić information content (AvgIpc) is 2.63. The molecule has 0 radical (unpaired) electrons. The third-order valence-corrected chi connectivity index (χ3v) is 6.26. The Kier molecular flexibility index (Phi) is 3.63. The predicted molar refractivity (Wildman–Crippen MR) is 97.4 cm³/mol. The lowest BCUT2D eigenvalue weighted by Crippen LogP contribution is -2.18. The van der Waals surface area contributed by atoms with Gasteiger partial charge in [0.05, 0.1) is 0 Å². The molecule has 3 aromatic rings. The number of para-hydroxylation sites is 1. The molecule has 3 aromatic carbocycles. The maximum Gasteiger partial charge on any atom is 0.206 e. The first kappa shape index (κ1) is 15.0. The zero-order chi connectivity index (χ0) is 16.6. The van der Waals surface area contributed by atoms with E-state index in [2.05, 4.69) is 9.36 Å². The molecule has 0 bridgehead atoms. The van der Waals surface area contributed by atoms with Crippen LogP contribution in [0.2, 0.25) is 0 Å². The van der Waals surface area contributed by atoms with Crippen molar-refractivity contribution in [2.45, 2.75) is 16.7 Å². The summed E-state index contributed by atoms with van der Waals surface area (Å²) in [5.74, 6) is 0.516. The summed E-state index contributed by atoms with van der Waals surface area (Å²) < 4.78 is 18.4. The molecule has 0 amide bonds. The molecule has 1 heterocycles. The molecule has 4 rings (SSSR count). The second-order valence-electron chi connectivity index (χ2n) is 5.70. The Balaban J connectivity index is 1.98. The Morgan fingerprint density at radius 1 is 0.792 bits per heavy atom. The van der Waals surface area contributed by atoms with Crippen molar-refractivity contribution in [1.82, 2.24) is 0 Å². The van der Waals surface area contributed by atoms with Crippen LogP contribution in [0.15, 0.2) is 98.0 Å². The Labute approximate surface area is 142 Å². The van der Waals surface area contributed by atoms with Gasteiger partial charge in [-0.25, -0.2) is 4.99 Å². The van der Waals surface area contributed by atoms with E-state index in [1.165, 1.54) is 5.56 Å². The number of benzene rings is 3.